The highest BCUT2D eigenvalue weighted by atomic mass is 127. The van der Waals surface area contributed by atoms with Crippen LogP contribution in [0.2, 0.25) is 5.02 Å². The summed E-state index contributed by atoms with van der Waals surface area (Å²) in [5, 5.41) is 9.49. The molecule has 4 nitrogen and oxygen atoms in total. The first-order valence-electron chi connectivity index (χ1n) is 9.98. The monoisotopic (exact) mass is 612 g/mol. The molecule has 0 unspecified atom stereocenters. The number of benzene rings is 4. The number of hydrogen-bond acceptors (Lipinski definition) is 4. The fraction of sp³-hybridized carbons (Fsp3) is 0.0385. The van der Waals surface area contributed by atoms with Gasteiger partial charge in [0.2, 0.25) is 0 Å². The number of rotatable bonds is 6. The van der Waals surface area contributed by atoms with Gasteiger partial charge in [-0.3, -0.25) is 0 Å². The summed E-state index contributed by atoms with van der Waals surface area (Å²) >= 11 is 5.65. The lowest BCUT2D eigenvalue weighted by atomic mass is 10.3. The molecule has 180 valence electrons. The fourth-order valence-electron chi connectivity index (χ4n) is 2.52. The molecule has 0 aromatic heterocycles. The zero-order chi connectivity index (χ0) is 25.3. The third-order valence-electron chi connectivity index (χ3n) is 4.11. The van der Waals surface area contributed by atoms with E-state index in [9.17, 15) is 13.2 Å². The summed E-state index contributed by atoms with van der Waals surface area (Å²) in [5.74, 6) is 0.293. The van der Waals surface area contributed by atoms with Crippen molar-refractivity contribution in [3.63, 3.8) is 0 Å². The Morgan fingerprint density at radius 2 is 1.00 bits per heavy atom. The van der Waals surface area contributed by atoms with E-state index in [1.165, 1.54) is 7.14 Å². The molecule has 0 atom stereocenters. The number of alkyl halides is 3. The first-order chi connectivity index (χ1) is 16.7. The summed E-state index contributed by atoms with van der Waals surface area (Å²) in [5.41, 5.74) is 0. The van der Waals surface area contributed by atoms with Crippen LogP contribution in [0, 0.1) is 7.14 Å². The molecular formula is C26H17ClF3IO4. The van der Waals surface area contributed by atoms with E-state index in [4.69, 9.17) is 31.0 Å². The van der Waals surface area contributed by atoms with Crippen molar-refractivity contribution < 1.29 is 53.8 Å². The maximum Gasteiger partial charge on any atom is 0.430 e. The minimum atomic E-state index is -5.19. The predicted molar refractivity (Wildman–Crippen MR) is 119 cm³/mol. The number of halogens is 5. The number of aliphatic carboxylic acids is 1. The second-order valence-electron chi connectivity index (χ2n) is 6.76. The van der Waals surface area contributed by atoms with Crippen molar-refractivity contribution in [2.24, 2.45) is 0 Å². The first-order valence-corrected chi connectivity index (χ1v) is 12.5. The van der Waals surface area contributed by atoms with Crippen molar-refractivity contribution in [3.05, 3.63) is 115 Å². The van der Waals surface area contributed by atoms with Crippen LogP contribution in [-0.4, -0.2) is 12.1 Å². The van der Waals surface area contributed by atoms with E-state index in [0.29, 0.717) is 5.02 Å². The summed E-state index contributed by atoms with van der Waals surface area (Å²) in [6.07, 6.45) is -5.19. The van der Waals surface area contributed by atoms with Gasteiger partial charge >= 0.3 is 27.4 Å². The highest BCUT2D eigenvalue weighted by Gasteiger charge is 2.28. The maximum absolute atomic E-state index is 10.5. The zero-order valence-corrected chi connectivity index (χ0v) is 20.8. The lowest BCUT2D eigenvalue weighted by Gasteiger charge is -2.05. The molecule has 0 heterocycles. The zero-order valence-electron chi connectivity index (χ0n) is 17.8. The summed E-state index contributed by atoms with van der Waals surface area (Å²) in [6.45, 7) is 0. The van der Waals surface area contributed by atoms with Crippen LogP contribution in [0.5, 0.6) is 23.0 Å². The number of carbonyl (C=O) groups is 1. The Balaban J connectivity index is 0.000000429. The number of carboxylic acids is 1. The van der Waals surface area contributed by atoms with Crippen LogP contribution < -0.4 is 35.8 Å². The second-order valence-corrected chi connectivity index (χ2v) is 10.2. The molecule has 0 spiro atoms. The minimum absolute atomic E-state index is 0.251. The van der Waals surface area contributed by atoms with Crippen LogP contribution in [0.3, 0.4) is 0 Å². The second kappa shape index (κ2) is 12.5. The summed E-state index contributed by atoms with van der Waals surface area (Å²) in [6, 6.07) is 33.8. The van der Waals surface area contributed by atoms with Gasteiger partial charge in [0.05, 0.1) is 0 Å². The third-order valence-corrected chi connectivity index (χ3v) is 7.04. The van der Waals surface area contributed by atoms with Crippen molar-refractivity contribution in [1.82, 2.24) is 0 Å². The van der Waals surface area contributed by atoms with E-state index >= 15 is 0 Å². The summed E-state index contributed by atoms with van der Waals surface area (Å²) < 4.78 is 45.9. The molecule has 9 heteroatoms. The van der Waals surface area contributed by atoms with Crippen LogP contribution in [0.25, 0.3) is 0 Å². The van der Waals surface area contributed by atoms with Crippen LogP contribution in [0.1, 0.15) is 0 Å². The van der Waals surface area contributed by atoms with Gasteiger partial charge in [-0.25, -0.2) is 0 Å². The molecule has 0 saturated carbocycles. The lowest BCUT2D eigenvalue weighted by Crippen LogP contribution is -3.61. The van der Waals surface area contributed by atoms with E-state index in [0.717, 1.165) is 23.0 Å². The largest absolute Gasteiger partial charge is 0.542 e. The summed E-state index contributed by atoms with van der Waals surface area (Å²) in [4.78, 5) is 8.78. The molecule has 0 radical (unpaired) electrons. The molecule has 0 aliphatic carbocycles. The predicted octanol–water partition coefficient (Wildman–Crippen LogP) is 3.35. The molecule has 0 bridgehead atoms. The van der Waals surface area contributed by atoms with Crippen LogP contribution in [-0.2, 0) is 4.79 Å². The fourth-order valence-corrected chi connectivity index (χ4v) is 4.80. The molecule has 0 aliphatic rings. The number of carbonyl (C=O) groups excluding carboxylic acids is 1. The van der Waals surface area contributed by atoms with Gasteiger partial charge in [-0.2, -0.15) is 13.2 Å². The van der Waals surface area contributed by atoms with Gasteiger partial charge in [-0.05, 0) is 84.9 Å². The number of para-hydroxylation sites is 1. The Hall–Kier alpha value is -3.24. The number of carboxylic acid groups (broad SMARTS) is 1. The van der Waals surface area contributed by atoms with E-state index < -0.39 is 12.1 Å². The van der Waals surface area contributed by atoms with Gasteiger partial charge in [0.15, 0.2) is 7.14 Å². The number of hydrogen-bond donors (Lipinski definition) is 0. The van der Waals surface area contributed by atoms with E-state index in [-0.39, 0.29) is 21.2 Å². The maximum atomic E-state index is 10.5. The quantitative estimate of drug-likeness (QED) is 0.314. The molecule has 4 aromatic rings. The van der Waals surface area contributed by atoms with Crippen LogP contribution in [0.4, 0.5) is 13.2 Å². The van der Waals surface area contributed by atoms with Gasteiger partial charge in [-0.15, -0.1) is 0 Å². The Morgan fingerprint density at radius 3 is 1.37 bits per heavy atom. The average molecular weight is 613 g/mol. The Bertz CT molecular complexity index is 1210. The molecule has 0 saturated heterocycles. The Labute approximate surface area is 215 Å². The van der Waals surface area contributed by atoms with Gasteiger partial charge < -0.3 is 19.4 Å². The SMILES string of the molecule is Clc1ccc(Oc2ccc([I+]c3ccc(Oc4ccccc4)cc3)cc2)cc1.O=C([O-])C(F)(F)F. The van der Waals surface area contributed by atoms with Crippen LogP contribution >= 0.6 is 11.6 Å². The number of ether oxygens (including phenoxy) is 2. The van der Waals surface area contributed by atoms with Gasteiger partial charge in [0, 0.05) is 5.02 Å². The molecule has 0 N–H and O–H groups in total. The molecule has 4 rings (SSSR count). The molecule has 0 fully saturated rings. The molecule has 4 aromatic carbocycles. The van der Waals surface area contributed by atoms with E-state index in [1.54, 1.807) is 0 Å². The van der Waals surface area contributed by atoms with Crippen molar-refractivity contribution in [1.29, 1.82) is 0 Å². The van der Waals surface area contributed by atoms with Crippen LogP contribution in [0.15, 0.2) is 103 Å². The van der Waals surface area contributed by atoms with Gasteiger partial charge in [0.1, 0.15) is 29.0 Å². The lowest BCUT2D eigenvalue weighted by molar-refractivity contribution is -0.597. The van der Waals surface area contributed by atoms with Crippen molar-refractivity contribution in [2.75, 3.05) is 0 Å². The highest BCUT2D eigenvalue weighted by Crippen LogP contribution is 2.22. The third kappa shape index (κ3) is 9.14. The average Bonchev–Trinajstić information content (AvgIpc) is 2.83. The topological polar surface area (TPSA) is 58.6 Å². The normalized spacial score (nSPS) is 10.6. The van der Waals surface area contributed by atoms with Gasteiger partial charge in [-0.1, -0.05) is 29.8 Å². The van der Waals surface area contributed by atoms with Crippen molar-refractivity contribution >= 4 is 17.6 Å². The van der Waals surface area contributed by atoms with Crippen molar-refractivity contribution in [3.8, 4) is 23.0 Å². The molecular weight excluding hydrogens is 596 g/mol. The highest BCUT2D eigenvalue weighted by molar-refractivity contribution is 6.30. The Morgan fingerprint density at radius 1 is 0.657 bits per heavy atom. The molecule has 0 aliphatic heterocycles. The first kappa shape index (κ1) is 26.4. The van der Waals surface area contributed by atoms with Gasteiger partial charge in [0.25, 0.3) is 0 Å². The molecule has 35 heavy (non-hydrogen) atoms. The molecule has 0 amide bonds. The van der Waals surface area contributed by atoms with E-state index in [2.05, 4.69) is 24.3 Å². The summed E-state index contributed by atoms with van der Waals surface area (Å²) in [7, 11) is 0. The minimum Gasteiger partial charge on any atom is -0.542 e. The Kier molecular flexibility index (Phi) is 9.39. The van der Waals surface area contributed by atoms with E-state index in [1.807, 2.05) is 78.9 Å². The smallest absolute Gasteiger partial charge is 0.430 e. The standard InChI is InChI=1S/C24H17ClIO2.C2HF3O2/c25-18-6-12-22(13-7-18)28-24-16-10-20(11-17-24)26-19-8-14-23(15-9-19)27-21-4-2-1-3-5-21;3-2(4,5)1(6)7/h1-17H;(H,6,7)/q+1;/p-1. The van der Waals surface area contributed by atoms with Crippen molar-refractivity contribution in [2.45, 2.75) is 6.18 Å².